The molecule has 1 aliphatic rings. The van der Waals surface area contributed by atoms with E-state index in [1.54, 1.807) is 18.2 Å². The van der Waals surface area contributed by atoms with Crippen LogP contribution < -0.4 is 5.32 Å². The van der Waals surface area contributed by atoms with Crippen molar-refractivity contribution in [2.45, 2.75) is 18.9 Å². The van der Waals surface area contributed by atoms with E-state index in [9.17, 15) is 9.90 Å². The minimum Gasteiger partial charge on any atom is -0.508 e. The summed E-state index contributed by atoms with van der Waals surface area (Å²) >= 11 is 0. The lowest BCUT2D eigenvalue weighted by atomic mass is 10.0. The molecule has 92 valence electrons. The lowest BCUT2D eigenvalue weighted by Gasteiger charge is -2.32. The Kier molecular flexibility index (Phi) is 3.64. The zero-order chi connectivity index (χ0) is 12.3. The maximum atomic E-state index is 12.2. The second kappa shape index (κ2) is 5.19. The number of piperidine rings is 1. The molecule has 1 unspecified atom stereocenters. The van der Waals surface area contributed by atoms with Gasteiger partial charge in [-0.3, -0.25) is 4.79 Å². The molecule has 1 aromatic carbocycles. The third-order valence-electron chi connectivity index (χ3n) is 3.21. The number of carbonyl (C=O) groups excluding carboxylic acids is 1. The molecule has 2 N–H and O–H groups in total. The molecule has 1 saturated heterocycles. The molecule has 0 radical (unpaired) electrons. The maximum absolute atomic E-state index is 12.2. The molecule has 0 aromatic heterocycles. The average Bonchev–Trinajstić information content (AvgIpc) is 2.38. The zero-order valence-corrected chi connectivity index (χ0v) is 10.0. The topological polar surface area (TPSA) is 52.6 Å². The molecule has 0 spiro atoms. The van der Waals surface area contributed by atoms with Gasteiger partial charge in [0, 0.05) is 24.7 Å². The van der Waals surface area contributed by atoms with Crippen molar-refractivity contribution in [3.63, 3.8) is 0 Å². The van der Waals surface area contributed by atoms with Crippen molar-refractivity contribution >= 4 is 5.91 Å². The number of benzene rings is 1. The van der Waals surface area contributed by atoms with Crippen LogP contribution in [0.3, 0.4) is 0 Å². The van der Waals surface area contributed by atoms with Crippen LogP contribution in [-0.2, 0) is 0 Å². The molecule has 0 saturated carbocycles. The minimum absolute atomic E-state index is 0.000787. The number of nitrogens with zero attached hydrogens (tertiary/aromatic N) is 1. The molecule has 1 heterocycles. The number of likely N-dealkylation sites (tertiary alicyclic amines) is 1. The summed E-state index contributed by atoms with van der Waals surface area (Å²) in [5.41, 5.74) is 0.557. The molecule has 0 aliphatic carbocycles. The normalized spacial score (nSPS) is 20.3. The van der Waals surface area contributed by atoms with Crippen LogP contribution in [0, 0.1) is 0 Å². The van der Waals surface area contributed by atoms with Gasteiger partial charge in [0.15, 0.2) is 0 Å². The van der Waals surface area contributed by atoms with Gasteiger partial charge in [0.1, 0.15) is 5.75 Å². The van der Waals surface area contributed by atoms with Crippen LogP contribution in [0.4, 0.5) is 0 Å². The van der Waals surface area contributed by atoms with Crippen molar-refractivity contribution in [3.8, 4) is 5.75 Å². The Hall–Kier alpha value is -1.55. The molecule has 1 fully saturated rings. The van der Waals surface area contributed by atoms with Gasteiger partial charge in [0.2, 0.25) is 0 Å². The number of nitrogens with one attached hydrogen (secondary N) is 1. The Bertz CT molecular complexity index is 406. The third-order valence-corrected chi connectivity index (χ3v) is 3.21. The Morgan fingerprint density at radius 2 is 2.35 bits per heavy atom. The first-order chi connectivity index (χ1) is 8.20. The lowest BCUT2D eigenvalue weighted by molar-refractivity contribution is 0.0698. The number of aromatic hydroxyl groups is 1. The van der Waals surface area contributed by atoms with Gasteiger partial charge in [-0.15, -0.1) is 0 Å². The molecule has 17 heavy (non-hydrogen) atoms. The molecule has 1 atom stereocenters. The van der Waals surface area contributed by atoms with Gasteiger partial charge in [-0.1, -0.05) is 6.07 Å². The minimum atomic E-state index is 0.000787. The number of phenolic OH excluding ortho intramolecular Hbond substituents is 1. The predicted octanol–water partition coefficient (Wildman–Crippen LogP) is 1.22. The summed E-state index contributed by atoms with van der Waals surface area (Å²) < 4.78 is 0. The number of hydrogen-bond acceptors (Lipinski definition) is 3. The van der Waals surface area contributed by atoms with Crippen molar-refractivity contribution in [1.29, 1.82) is 0 Å². The average molecular weight is 234 g/mol. The Morgan fingerprint density at radius 1 is 1.53 bits per heavy atom. The van der Waals surface area contributed by atoms with Crippen molar-refractivity contribution < 1.29 is 9.90 Å². The number of rotatable bonds is 2. The van der Waals surface area contributed by atoms with Crippen LogP contribution in [-0.4, -0.2) is 42.1 Å². The fourth-order valence-corrected chi connectivity index (χ4v) is 2.22. The lowest BCUT2D eigenvalue weighted by Crippen LogP contribution is -2.46. The second-order valence-electron chi connectivity index (χ2n) is 4.43. The Labute approximate surface area is 101 Å². The molecule has 0 bridgehead atoms. The van der Waals surface area contributed by atoms with Crippen molar-refractivity contribution in [2.24, 2.45) is 0 Å². The number of carbonyl (C=O) groups is 1. The highest BCUT2D eigenvalue weighted by Crippen LogP contribution is 2.16. The molecular formula is C13H18N2O2. The molecule has 1 aliphatic heterocycles. The monoisotopic (exact) mass is 234 g/mol. The maximum Gasteiger partial charge on any atom is 0.254 e. The fraction of sp³-hybridized carbons (Fsp3) is 0.462. The Balaban J connectivity index is 2.09. The summed E-state index contributed by atoms with van der Waals surface area (Å²) in [6.07, 6.45) is 2.14. The van der Waals surface area contributed by atoms with Crippen LogP contribution in [0.1, 0.15) is 23.2 Å². The number of amides is 1. The molecule has 1 aromatic rings. The highest BCUT2D eigenvalue weighted by Gasteiger charge is 2.23. The van der Waals surface area contributed by atoms with E-state index in [1.807, 2.05) is 11.9 Å². The summed E-state index contributed by atoms with van der Waals surface area (Å²) in [4.78, 5) is 14.0. The molecular weight excluding hydrogens is 216 g/mol. The van der Waals surface area contributed by atoms with E-state index in [0.29, 0.717) is 11.6 Å². The van der Waals surface area contributed by atoms with Gasteiger partial charge in [0.05, 0.1) is 0 Å². The van der Waals surface area contributed by atoms with E-state index in [-0.39, 0.29) is 11.7 Å². The quantitative estimate of drug-likeness (QED) is 0.809. The number of hydrogen-bond donors (Lipinski definition) is 2. The van der Waals surface area contributed by atoms with Crippen LogP contribution in [0.2, 0.25) is 0 Å². The highest BCUT2D eigenvalue weighted by atomic mass is 16.3. The van der Waals surface area contributed by atoms with E-state index in [0.717, 1.165) is 25.9 Å². The van der Waals surface area contributed by atoms with Crippen LogP contribution in [0.15, 0.2) is 24.3 Å². The van der Waals surface area contributed by atoms with Gasteiger partial charge in [-0.25, -0.2) is 0 Å². The summed E-state index contributed by atoms with van der Waals surface area (Å²) in [6.45, 7) is 1.54. The zero-order valence-electron chi connectivity index (χ0n) is 10.0. The Morgan fingerprint density at radius 3 is 3.06 bits per heavy atom. The van der Waals surface area contributed by atoms with Gasteiger partial charge in [-0.05, 0) is 38.1 Å². The summed E-state index contributed by atoms with van der Waals surface area (Å²) in [5.74, 6) is 0.138. The van der Waals surface area contributed by atoms with Crippen LogP contribution in [0.5, 0.6) is 5.75 Å². The number of phenols is 1. The number of likely N-dealkylation sites (N-methyl/N-ethyl adjacent to an activating group) is 1. The van der Waals surface area contributed by atoms with E-state index >= 15 is 0 Å². The SMILES string of the molecule is CNC1CCCN(C(=O)c2cccc(O)c2)C1. The van der Waals surface area contributed by atoms with E-state index in [1.165, 1.54) is 6.07 Å². The molecule has 2 rings (SSSR count). The first-order valence-corrected chi connectivity index (χ1v) is 5.96. The first-order valence-electron chi connectivity index (χ1n) is 5.96. The summed E-state index contributed by atoms with van der Waals surface area (Å²) in [5, 5.41) is 12.6. The van der Waals surface area contributed by atoms with Crippen molar-refractivity contribution in [2.75, 3.05) is 20.1 Å². The van der Waals surface area contributed by atoms with Crippen molar-refractivity contribution in [3.05, 3.63) is 29.8 Å². The summed E-state index contributed by atoms with van der Waals surface area (Å²) in [6, 6.07) is 6.91. The predicted molar refractivity (Wildman–Crippen MR) is 66.1 cm³/mol. The first kappa shape index (κ1) is 11.9. The van der Waals surface area contributed by atoms with E-state index in [2.05, 4.69) is 5.32 Å². The van der Waals surface area contributed by atoms with Gasteiger partial charge in [-0.2, -0.15) is 0 Å². The highest BCUT2D eigenvalue weighted by molar-refractivity contribution is 5.94. The van der Waals surface area contributed by atoms with E-state index < -0.39 is 0 Å². The van der Waals surface area contributed by atoms with Crippen LogP contribution in [0.25, 0.3) is 0 Å². The van der Waals surface area contributed by atoms with Gasteiger partial charge < -0.3 is 15.3 Å². The van der Waals surface area contributed by atoms with E-state index in [4.69, 9.17) is 0 Å². The largest absolute Gasteiger partial charge is 0.508 e. The fourth-order valence-electron chi connectivity index (χ4n) is 2.22. The molecule has 1 amide bonds. The summed E-state index contributed by atoms with van der Waals surface area (Å²) in [7, 11) is 1.92. The van der Waals surface area contributed by atoms with Crippen molar-refractivity contribution in [1.82, 2.24) is 10.2 Å². The van der Waals surface area contributed by atoms with Gasteiger partial charge >= 0.3 is 0 Å². The van der Waals surface area contributed by atoms with Gasteiger partial charge in [0.25, 0.3) is 5.91 Å². The standard InChI is InChI=1S/C13H18N2O2/c1-14-11-5-3-7-15(9-11)13(17)10-4-2-6-12(16)8-10/h2,4,6,8,11,14,16H,3,5,7,9H2,1H3. The smallest absolute Gasteiger partial charge is 0.254 e. The van der Waals surface area contributed by atoms with Crippen LogP contribution >= 0.6 is 0 Å². The second-order valence-corrected chi connectivity index (χ2v) is 4.43. The molecule has 4 nitrogen and oxygen atoms in total. The molecule has 4 heteroatoms. The third kappa shape index (κ3) is 2.77.